The Morgan fingerprint density at radius 2 is 2.41 bits per heavy atom. The van der Waals surface area contributed by atoms with Gasteiger partial charge in [-0.2, -0.15) is 5.10 Å². The third-order valence-electron chi connectivity index (χ3n) is 2.69. The highest BCUT2D eigenvalue weighted by Gasteiger charge is 2.26. The second-order valence-electron chi connectivity index (χ2n) is 3.86. The minimum Gasteiger partial charge on any atom is -0.371 e. The molecule has 1 aromatic heterocycles. The first-order valence-corrected chi connectivity index (χ1v) is 5.45. The highest BCUT2D eigenvalue weighted by Crippen LogP contribution is 2.32. The number of ether oxygens (including phenoxy) is 1. The summed E-state index contributed by atoms with van der Waals surface area (Å²) in [6, 6.07) is 4.82. The van der Waals surface area contributed by atoms with E-state index in [0.717, 1.165) is 0 Å². The number of rotatable bonds is 3. The van der Waals surface area contributed by atoms with E-state index < -0.39 is 4.92 Å². The summed E-state index contributed by atoms with van der Waals surface area (Å²) in [5.41, 5.74) is 0.648. The molecule has 1 aliphatic heterocycles. The van der Waals surface area contributed by atoms with Gasteiger partial charge in [0.15, 0.2) is 5.15 Å². The number of nitrogens with zero attached hydrogens (tertiary/aromatic N) is 3. The SMILES string of the molecule is O=[N+]([O-])c1cccc2c1c(Cl)nn2C[C@@H]1CO1. The van der Waals surface area contributed by atoms with Gasteiger partial charge in [-0.15, -0.1) is 0 Å². The zero-order chi connectivity index (χ0) is 12.0. The van der Waals surface area contributed by atoms with Gasteiger partial charge >= 0.3 is 0 Å². The fourth-order valence-electron chi connectivity index (χ4n) is 1.82. The van der Waals surface area contributed by atoms with Crippen LogP contribution in [0.15, 0.2) is 18.2 Å². The van der Waals surface area contributed by atoms with Gasteiger partial charge in [0.2, 0.25) is 0 Å². The standard InChI is InChI=1S/C10H8ClN3O3/c11-10-9-7(2-1-3-8(9)14(15)16)13(12-10)4-6-5-17-6/h1-3,6H,4-5H2/t6-/m1/s1. The van der Waals surface area contributed by atoms with Gasteiger partial charge in [0, 0.05) is 6.07 Å². The van der Waals surface area contributed by atoms with E-state index in [1.165, 1.54) is 6.07 Å². The Morgan fingerprint density at radius 1 is 1.65 bits per heavy atom. The van der Waals surface area contributed by atoms with E-state index >= 15 is 0 Å². The van der Waals surface area contributed by atoms with Gasteiger partial charge < -0.3 is 4.74 Å². The molecule has 0 amide bonds. The number of aromatic nitrogens is 2. The molecule has 1 atom stereocenters. The van der Waals surface area contributed by atoms with Gasteiger partial charge in [-0.05, 0) is 6.07 Å². The smallest absolute Gasteiger partial charge is 0.281 e. The Bertz CT molecular complexity index is 606. The largest absolute Gasteiger partial charge is 0.371 e. The van der Waals surface area contributed by atoms with E-state index in [2.05, 4.69) is 5.10 Å². The Morgan fingerprint density at radius 3 is 3.06 bits per heavy atom. The molecule has 0 aliphatic carbocycles. The number of fused-ring (bicyclic) bond motifs is 1. The van der Waals surface area contributed by atoms with Crippen molar-refractivity contribution in [1.29, 1.82) is 0 Å². The molecule has 88 valence electrons. The molecular weight excluding hydrogens is 246 g/mol. The topological polar surface area (TPSA) is 73.5 Å². The van der Waals surface area contributed by atoms with Crippen LogP contribution in [0.4, 0.5) is 5.69 Å². The van der Waals surface area contributed by atoms with Gasteiger partial charge in [0.05, 0.1) is 23.6 Å². The van der Waals surface area contributed by atoms with Crippen LogP contribution < -0.4 is 0 Å². The normalized spacial score (nSPS) is 18.5. The maximum absolute atomic E-state index is 10.9. The van der Waals surface area contributed by atoms with E-state index in [1.54, 1.807) is 16.8 Å². The maximum atomic E-state index is 10.9. The molecule has 6 nitrogen and oxygen atoms in total. The second kappa shape index (κ2) is 3.68. The summed E-state index contributed by atoms with van der Waals surface area (Å²) in [5.74, 6) is 0. The fourth-order valence-corrected chi connectivity index (χ4v) is 2.11. The monoisotopic (exact) mass is 253 g/mol. The second-order valence-corrected chi connectivity index (χ2v) is 4.21. The van der Waals surface area contributed by atoms with Crippen LogP contribution in [-0.2, 0) is 11.3 Å². The molecule has 0 N–H and O–H groups in total. The van der Waals surface area contributed by atoms with E-state index in [9.17, 15) is 10.1 Å². The number of halogens is 1. The van der Waals surface area contributed by atoms with Crippen molar-refractivity contribution < 1.29 is 9.66 Å². The molecule has 17 heavy (non-hydrogen) atoms. The molecule has 0 bridgehead atoms. The Balaban J connectivity index is 2.19. The van der Waals surface area contributed by atoms with Gasteiger partial charge in [-0.1, -0.05) is 17.7 Å². The van der Waals surface area contributed by atoms with Gasteiger partial charge in [-0.25, -0.2) is 0 Å². The molecule has 2 aromatic rings. The van der Waals surface area contributed by atoms with Crippen LogP contribution in [0.2, 0.25) is 5.15 Å². The van der Waals surface area contributed by atoms with E-state index in [-0.39, 0.29) is 16.9 Å². The van der Waals surface area contributed by atoms with Gasteiger partial charge in [-0.3, -0.25) is 14.8 Å². The summed E-state index contributed by atoms with van der Waals surface area (Å²) < 4.78 is 6.77. The molecule has 1 aromatic carbocycles. The predicted molar refractivity (Wildman–Crippen MR) is 61.1 cm³/mol. The lowest BCUT2D eigenvalue weighted by molar-refractivity contribution is -0.383. The number of hydrogen-bond donors (Lipinski definition) is 0. The number of hydrogen-bond acceptors (Lipinski definition) is 4. The molecule has 1 aliphatic rings. The highest BCUT2D eigenvalue weighted by molar-refractivity contribution is 6.35. The van der Waals surface area contributed by atoms with E-state index in [0.29, 0.717) is 24.1 Å². The number of non-ortho nitro benzene ring substituents is 1. The van der Waals surface area contributed by atoms with Crippen molar-refractivity contribution >= 4 is 28.2 Å². The van der Waals surface area contributed by atoms with Gasteiger partial charge in [0.1, 0.15) is 11.5 Å². The van der Waals surface area contributed by atoms with Crippen LogP contribution in [0.5, 0.6) is 0 Å². The molecule has 1 fully saturated rings. The van der Waals surface area contributed by atoms with Crippen LogP contribution in [0.3, 0.4) is 0 Å². The summed E-state index contributed by atoms with van der Waals surface area (Å²) in [4.78, 5) is 10.4. The van der Waals surface area contributed by atoms with Crippen molar-refractivity contribution in [2.75, 3.05) is 6.61 Å². The van der Waals surface area contributed by atoms with Crippen molar-refractivity contribution in [1.82, 2.24) is 9.78 Å². The van der Waals surface area contributed by atoms with Crippen molar-refractivity contribution in [3.8, 4) is 0 Å². The number of nitro benzene ring substituents is 1. The molecule has 0 unspecified atom stereocenters. The molecule has 7 heteroatoms. The minimum absolute atomic E-state index is 0.0181. The molecule has 0 spiro atoms. The maximum Gasteiger partial charge on any atom is 0.281 e. The minimum atomic E-state index is -0.451. The Labute approximate surface area is 101 Å². The van der Waals surface area contributed by atoms with Gasteiger partial charge in [0.25, 0.3) is 5.69 Å². The highest BCUT2D eigenvalue weighted by atomic mass is 35.5. The summed E-state index contributed by atoms with van der Waals surface area (Å²) in [7, 11) is 0. The summed E-state index contributed by atoms with van der Waals surface area (Å²) in [6.45, 7) is 1.28. The molecule has 1 saturated heterocycles. The van der Waals surface area contributed by atoms with Crippen LogP contribution in [-0.4, -0.2) is 27.4 Å². The molecule has 3 rings (SSSR count). The molecule has 2 heterocycles. The lowest BCUT2D eigenvalue weighted by Crippen LogP contribution is -2.05. The predicted octanol–water partition coefficient (Wildman–Crippen LogP) is 2.00. The first-order chi connectivity index (χ1) is 8.16. The fraction of sp³-hybridized carbons (Fsp3) is 0.300. The zero-order valence-electron chi connectivity index (χ0n) is 8.67. The Hall–Kier alpha value is -1.66. The van der Waals surface area contributed by atoms with Crippen molar-refractivity contribution in [3.05, 3.63) is 33.5 Å². The lowest BCUT2D eigenvalue weighted by atomic mass is 10.2. The van der Waals surface area contributed by atoms with Crippen molar-refractivity contribution in [3.63, 3.8) is 0 Å². The molecule has 0 radical (unpaired) electrons. The van der Waals surface area contributed by atoms with E-state index in [1.807, 2.05) is 0 Å². The van der Waals surface area contributed by atoms with Crippen LogP contribution in [0.1, 0.15) is 0 Å². The Kier molecular flexibility index (Phi) is 2.27. The average molecular weight is 254 g/mol. The number of nitro groups is 1. The van der Waals surface area contributed by atoms with Crippen LogP contribution >= 0.6 is 11.6 Å². The molecular formula is C10H8ClN3O3. The molecule has 0 saturated carbocycles. The van der Waals surface area contributed by atoms with Crippen molar-refractivity contribution in [2.45, 2.75) is 12.6 Å². The van der Waals surface area contributed by atoms with Crippen LogP contribution in [0, 0.1) is 10.1 Å². The summed E-state index contributed by atoms with van der Waals surface area (Å²) in [6.07, 6.45) is 0.147. The van der Waals surface area contributed by atoms with E-state index in [4.69, 9.17) is 16.3 Å². The average Bonchev–Trinajstić information content (AvgIpc) is 3.05. The summed E-state index contributed by atoms with van der Waals surface area (Å²) in [5, 5.41) is 15.6. The van der Waals surface area contributed by atoms with Crippen LogP contribution in [0.25, 0.3) is 10.9 Å². The third-order valence-corrected chi connectivity index (χ3v) is 2.95. The first kappa shape index (κ1) is 10.5. The lowest BCUT2D eigenvalue weighted by Gasteiger charge is -1.99. The zero-order valence-corrected chi connectivity index (χ0v) is 9.42. The third kappa shape index (κ3) is 1.75. The number of epoxide rings is 1. The van der Waals surface area contributed by atoms with Crippen molar-refractivity contribution in [2.24, 2.45) is 0 Å². The quantitative estimate of drug-likeness (QED) is 0.476. The first-order valence-electron chi connectivity index (χ1n) is 5.08. The number of benzene rings is 1. The summed E-state index contributed by atoms with van der Waals surface area (Å²) >= 11 is 5.95.